The zero-order valence-electron chi connectivity index (χ0n) is 27.7. The van der Waals surface area contributed by atoms with Crippen LogP contribution in [0, 0.1) is 13.8 Å². The van der Waals surface area contributed by atoms with E-state index in [9.17, 15) is 9.59 Å². The molecule has 0 radical (unpaired) electrons. The molecule has 0 bridgehead atoms. The van der Waals surface area contributed by atoms with Gasteiger partial charge in [-0.15, -0.1) is 0 Å². The quantitative estimate of drug-likeness (QED) is 0.303. The molecule has 1 aromatic heterocycles. The highest BCUT2D eigenvalue weighted by Gasteiger charge is 2.49. The largest absolute Gasteiger partial charge is 0.482 e. The van der Waals surface area contributed by atoms with Crippen molar-refractivity contribution in [3.05, 3.63) is 70.9 Å². The number of aromatic nitrogens is 2. The molecule has 9 nitrogen and oxygen atoms in total. The fraction of sp³-hybridized carbons (Fsp3) is 0.528. The number of nitrogens with zero attached hydrogens (tertiary/aromatic N) is 4. The molecular formula is C36H46N4O5. The fourth-order valence-corrected chi connectivity index (χ4v) is 7.23. The highest BCUT2D eigenvalue weighted by atomic mass is 16.6. The van der Waals surface area contributed by atoms with Crippen molar-refractivity contribution < 1.29 is 23.8 Å². The molecule has 3 aliphatic heterocycles. The molecular weight excluding hydrogens is 568 g/mol. The summed E-state index contributed by atoms with van der Waals surface area (Å²) < 4.78 is 20.5. The Morgan fingerprint density at radius 1 is 1.00 bits per heavy atom. The van der Waals surface area contributed by atoms with Crippen LogP contribution >= 0.6 is 0 Å². The lowest BCUT2D eigenvalue weighted by molar-refractivity contribution is -0.0145. The highest BCUT2D eigenvalue weighted by Crippen LogP contribution is 2.51. The monoisotopic (exact) mass is 614 g/mol. The van der Waals surface area contributed by atoms with Crippen molar-refractivity contribution in [1.29, 1.82) is 0 Å². The molecule has 2 aromatic carbocycles. The van der Waals surface area contributed by atoms with E-state index in [0.29, 0.717) is 32.5 Å². The van der Waals surface area contributed by atoms with Crippen LogP contribution < -0.4 is 4.74 Å². The van der Waals surface area contributed by atoms with E-state index < -0.39 is 16.7 Å². The van der Waals surface area contributed by atoms with Gasteiger partial charge in [-0.1, -0.05) is 36.4 Å². The van der Waals surface area contributed by atoms with E-state index in [0.717, 1.165) is 52.2 Å². The molecule has 1 atom stereocenters. The predicted octanol–water partition coefficient (Wildman–Crippen LogP) is 7.54. The summed E-state index contributed by atoms with van der Waals surface area (Å²) in [6.45, 7) is 16.0. The summed E-state index contributed by atoms with van der Waals surface area (Å²) in [6.07, 6.45) is 2.25. The number of carbonyl (C=O) groups is 2. The number of hydrogen-bond donors (Lipinski definition) is 0. The van der Waals surface area contributed by atoms with E-state index in [2.05, 4.69) is 50.6 Å². The molecule has 2 amide bonds. The van der Waals surface area contributed by atoms with Crippen LogP contribution in [-0.4, -0.2) is 62.5 Å². The molecule has 1 unspecified atom stereocenters. The smallest absolute Gasteiger partial charge is 0.410 e. The number of amides is 2. The van der Waals surface area contributed by atoms with E-state index in [1.165, 1.54) is 0 Å². The maximum Gasteiger partial charge on any atom is 0.410 e. The van der Waals surface area contributed by atoms with E-state index in [-0.39, 0.29) is 24.8 Å². The number of aryl methyl sites for hydroxylation is 1. The van der Waals surface area contributed by atoms with E-state index in [4.69, 9.17) is 19.3 Å². The lowest BCUT2D eigenvalue weighted by Gasteiger charge is -2.46. The normalized spacial score (nSPS) is 20.2. The Morgan fingerprint density at radius 3 is 2.38 bits per heavy atom. The van der Waals surface area contributed by atoms with Crippen LogP contribution in [0.3, 0.4) is 0 Å². The van der Waals surface area contributed by atoms with Crippen molar-refractivity contribution in [2.45, 2.75) is 104 Å². The molecule has 240 valence electrons. The van der Waals surface area contributed by atoms with Gasteiger partial charge in [-0.25, -0.2) is 9.59 Å². The minimum Gasteiger partial charge on any atom is -0.482 e. The average molecular weight is 615 g/mol. The lowest BCUT2D eigenvalue weighted by atomic mass is 9.79. The number of hydrogen-bond acceptors (Lipinski definition) is 6. The van der Waals surface area contributed by atoms with E-state index in [1.807, 2.05) is 56.0 Å². The molecule has 3 aromatic rings. The molecule has 0 N–H and O–H groups in total. The second kappa shape index (κ2) is 11.4. The maximum atomic E-state index is 13.1. The van der Waals surface area contributed by atoms with Gasteiger partial charge in [0.05, 0.1) is 6.04 Å². The first-order chi connectivity index (χ1) is 21.3. The van der Waals surface area contributed by atoms with Crippen LogP contribution in [0.2, 0.25) is 0 Å². The Hall–Kier alpha value is -4.01. The van der Waals surface area contributed by atoms with Crippen molar-refractivity contribution in [3.8, 4) is 17.0 Å². The van der Waals surface area contributed by atoms with Crippen LogP contribution in [0.4, 0.5) is 9.59 Å². The van der Waals surface area contributed by atoms with Crippen molar-refractivity contribution in [1.82, 2.24) is 19.6 Å². The van der Waals surface area contributed by atoms with Gasteiger partial charge < -0.3 is 24.0 Å². The second-order valence-electron chi connectivity index (χ2n) is 14.5. The van der Waals surface area contributed by atoms with E-state index >= 15 is 0 Å². The van der Waals surface area contributed by atoms with Gasteiger partial charge in [0.2, 0.25) is 0 Å². The first kappa shape index (κ1) is 31.0. The summed E-state index contributed by atoms with van der Waals surface area (Å²) in [4.78, 5) is 29.8. The fourth-order valence-electron chi connectivity index (χ4n) is 7.23. The van der Waals surface area contributed by atoms with Crippen molar-refractivity contribution in [3.63, 3.8) is 0 Å². The Kier molecular flexibility index (Phi) is 7.86. The van der Waals surface area contributed by atoms with Crippen LogP contribution in [0.25, 0.3) is 11.3 Å². The van der Waals surface area contributed by atoms with Crippen LogP contribution in [0.5, 0.6) is 5.75 Å². The maximum absolute atomic E-state index is 13.1. The SMILES string of the molecule is Cc1ccc2c(c1)OC1(CCN(C(=O)OCc3ccccc3)CC1)c1c-2nn(C2CCN(C(=O)OC(C)(C)C)C(C)(C)C2)c1C. The van der Waals surface area contributed by atoms with Gasteiger partial charge in [0.25, 0.3) is 0 Å². The first-order valence-electron chi connectivity index (χ1n) is 16.1. The third-order valence-electron chi connectivity index (χ3n) is 9.45. The Labute approximate surface area is 266 Å². The average Bonchev–Trinajstić information content (AvgIpc) is 3.33. The van der Waals surface area contributed by atoms with Crippen molar-refractivity contribution in [2.24, 2.45) is 0 Å². The molecule has 2 fully saturated rings. The van der Waals surface area contributed by atoms with Crippen molar-refractivity contribution in [2.75, 3.05) is 19.6 Å². The zero-order chi connectivity index (χ0) is 32.1. The zero-order valence-corrected chi connectivity index (χ0v) is 27.7. The number of carbonyl (C=O) groups excluding carboxylic acids is 2. The summed E-state index contributed by atoms with van der Waals surface area (Å²) in [5.41, 5.74) is 4.71. The van der Waals surface area contributed by atoms with Gasteiger partial charge in [-0.05, 0) is 84.6 Å². The van der Waals surface area contributed by atoms with Crippen molar-refractivity contribution >= 4 is 12.2 Å². The Bertz CT molecular complexity index is 1580. The number of rotatable bonds is 3. The summed E-state index contributed by atoms with van der Waals surface area (Å²) in [7, 11) is 0. The van der Waals surface area contributed by atoms with Gasteiger partial charge in [-0.2, -0.15) is 5.10 Å². The molecule has 45 heavy (non-hydrogen) atoms. The minimum absolute atomic E-state index is 0.114. The lowest BCUT2D eigenvalue weighted by Crippen LogP contribution is -2.54. The summed E-state index contributed by atoms with van der Waals surface area (Å²) >= 11 is 0. The van der Waals surface area contributed by atoms with E-state index in [1.54, 1.807) is 4.90 Å². The van der Waals surface area contributed by atoms with Gasteiger partial charge in [0.1, 0.15) is 29.3 Å². The van der Waals surface area contributed by atoms with Gasteiger partial charge in [0, 0.05) is 54.8 Å². The highest BCUT2D eigenvalue weighted by molar-refractivity contribution is 5.75. The molecule has 3 aliphatic rings. The molecule has 0 saturated carbocycles. The van der Waals surface area contributed by atoms with Crippen LogP contribution in [-0.2, 0) is 21.7 Å². The Balaban J connectivity index is 1.26. The number of benzene rings is 2. The number of fused-ring (bicyclic) bond motifs is 4. The summed E-state index contributed by atoms with van der Waals surface area (Å²) in [5, 5.41) is 5.30. The van der Waals surface area contributed by atoms with Crippen LogP contribution in [0.1, 0.15) is 88.7 Å². The molecule has 4 heterocycles. The topological polar surface area (TPSA) is 86.1 Å². The Morgan fingerprint density at radius 2 is 1.71 bits per heavy atom. The predicted molar refractivity (Wildman–Crippen MR) is 172 cm³/mol. The molecule has 1 spiro atoms. The van der Waals surface area contributed by atoms with Crippen LogP contribution in [0.15, 0.2) is 48.5 Å². The molecule has 0 aliphatic carbocycles. The third kappa shape index (κ3) is 6.01. The third-order valence-corrected chi connectivity index (χ3v) is 9.45. The second-order valence-corrected chi connectivity index (χ2v) is 14.5. The van der Waals surface area contributed by atoms with Gasteiger partial charge in [0.15, 0.2) is 0 Å². The first-order valence-corrected chi connectivity index (χ1v) is 16.1. The molecule has 2 saturated heterocycles. The van der Waals surface area contributed by atoms with Gasteiger partial charge >= 0.3 is 12.2 Å². The number of likely N-dealkylation sites (tertiary alicyclic amines) is 2. The standard InChI is InChI=1S/C36H46N4O5/c1-24-13-14-28-29(21-24)44-36(16-19-38(20-17-36)32(41)43-23-26-11-9-8-10-12-26)30-25(2)40(37-31(28)30)27-15-18-39(35(6,7)22-27)33(42)45-34(3,4)5/h8-14,21,27H,15-20,22-23H2,1-7H3. The molecule has 6 rings (SSSR count). The summed E-state index contributed by atoms with van der Waals surface area (Å²) in [6, 6.07) is 16.2. The van der Waals surface area contributed by atoms with Gasteiger partial charge in [-0.3, -0.25) is 4.68 Å². The minimum atomic E-state index is -0.596. The number of piperidine rings is 2. The summed E-state index contributed by atoms with van der Waals surface area (Å²) in [5.74, 6) is 0.840. The molecule has 9 heteroatoms. The number of ether oxygens (including phenoxy) is 3.